The van der Waals surface area contributed by atoms with E-state index >= 15 is 0 Å². The van der Waals surface area contributed by atoms with Crippen LogP contribution in [0.15, 0.2) is 42.7 Å². The summed E-state index contributed by atoms with van der Waals surface area (Å²) in [4.78, 5) is 11.0. The normalized spacial score (nSPS) is 15.9. The van der Waals surface area contributed by atoms with Gasteiger partial charge in [0.05, 0.1) is 5.52 Å². The number of nitrogens with zero attached hydrogens (tertiary/aromatic N) is 3. The van der Waals surface area contributed by atoms with E-state index in [4.69, 9.17) is 4.74 Å². The first kappa shape index (κ1) is 17.7. The first-order valence-corrected chi connectivity index (χ1v) is 9.46. The van der Waals surface area contributed by atoms with Crippen LogP contribution in [0.5, 0.6) is 5.75 Å². The van der Waals surface area contributed by atoms with E-state index in [0.717, 1.165) is 41.9 Å². The van der Waals surface area contributed by atoms with Gasteiger partial charge in [0.15, 0.2) is 0 Å². The minimum absolute atomic E-state index is 0.343. The van der Waals surface area contributed by atoms with Gasteiger partial charge in [0.2, 0.25) is 0 Å². The fraction of sp³-hybridized carbons (Fsp3) is 0.364. The quantitative estimate of drug-likeness (QED) is 0.728. The summed E-state index contributed by atoms with van der Waals surface area (Å²) in [6.45, 7) is 3.72. The third-order valence-corrected chi connectivity index (χ3v) is 5.05. The predicted octanol–water partition coefficient (Wildman–Crippen LogP) is 3.46. The highest BCUT2D eigenvalue weighted by atomic mass is 16.5. The largest absolute Gasteiger partial charge is 0.492 e. The topological polar surface area (TPSA) is 50.3 Å². The van der Waals surface area contributed by atoms with Crippen LogP contribution in [0, 0.1) is 6.92 Å². The zero-order valence-electron chi connectivity index (χ0n) is 16.2. The molecule has 0 saturated carbocycles. The molecule has 0 radical (unpaired) electrons. The van der Waals surface area contributed by atoms with Gasteiger partial charge in [0, 0.05) is 18.0 Å². The van der Waals surface area contributed by atoms with Gasteiger partial charge in [0.25, 0.3) is 0 Å². The summed E-state index contributed by atoms with van der Waals surface area (Å²) in [5.74, 6) is 1.88. The molecule has 5 heteroatoms. The fourth-order valence-corrected chi connectivity index (χ4v) is 3.61. The number of fused-ring (bicyclic) bond motifs is 2. The van der Waals surface area contributed by atoms with Crippen LogP contribution in [0.2, 0.25) is 0 Å². The molecule has 0 saturated heterocycles. The highest BCUT2D eigenvalue weighted by molar-refractivity contribution is 5.89. The summed E-state index contributed by atoms with van der Waals surface area (Å²) < 4.78 is 5.88. The van der Waals surface area contributed by atoms with Gasteiger partial charge in [-0.25, -0.2) is 9.97 Å². The van der Waals surface area contributed by atoms with Crippen molar-refractivity contribution in [3.8, 4) is 5.75 Å². The van der Waals surface area contributed by atoms with E-state index < -0.39 is 0 Å². The van der Waals surface area contributed by atoms with E-state index in [1.807, 2.05) is 0 Å². The van der Waals surface area contributed by atoms with Crippen LogP contribution in [-0.2, 0) is 12.8 Å². The zero-order valence-corrected chi connectivity index (χ0v) is 16.2. The van der Waals surface area contributed by atoms with Gasteiger partial charge in [-0.3, -0.25) is 0 Å². The number of rotatable bonds is 6. The van der Waals surface area contributed by atoms with Gasteiger partial charge < -0.3 is 15.0 Å². The molecule has 0 amide bonds. The standard InChI is InChI=1S/C22H26N4O/c1-15-4-7-21-20(10-15)22(24-14-23-21)25-18-11-16-5-6-19(13-17(16)12-18)27-9-8-26(2)3/h4-7,10,13-14,18H,8-9,11-12H2,1-3H3,(H,23,24,25). The molecule has 27 heavy (non-hydrogen) atoms. The van der Waals surface area contributed by atoms with Crippen LogP contribution in [0.1, 0.15) is 16.7 Å². The van der Waals surface area contributed by atoms with Gasteiger partial charge in [-0.1, -0.05) is 17.7 Å². The van der Waals surface area contributed by atoms with Crippen LogP contribution in [0.3, 0.4) is 0 Å². The third kappa shape index (κ3) is 4.03. The molecule has 1 aromatic heterocycles. The molecule has 4 rings (SSSR count). The number of aryl methyl sites for hydroxylation is 1. The second-order valence-corrected chi connectivity index (χ2v) is 7.57. The second kappa shape index (κ2) is 7.53. The van der Waals surface area contributed by atoms with Gasteiger partial charge in [0.1, 0.15) is 24.5 Å². The Hall–Kier alpha value is -2.66. The Bertz CT molecular complexity index is 954. The molecule has 0 aliphatic heterocycles. The lowest BCUT2D eigenvalue weighted by Gasteiger charge is -2.14. The Morgan fingerprint density at radius 2 is 1.93 bits per heavy atom. The number of anilines is 1. The monoisotopic (exact) mass is 362 g/mol. The lowest BCUT2D eigenvalue weighted by Crippen LogP contribution is -2.20. The number of hydrogen-bond acceptors (Lipinski definition) is 5. The molecule has 5 nitrogen and oxygen atoms in total. The summed E-state index contributed by atoms with van der Waals surface area (Å²) in [7, 11) is 4.11. The smallest absolute Gasteiger partial charge is 0.137 e. The lowest BCUT2D eigenvalue weighted by molar-refractivity contribution is 0.261. The van der Waals surface area contributed by atoms with Crippen molar-refractivity contribution in [1.29, 1.82) is 0 Å². The maximum absolute atomic E-state index is 5.88. The summed E-state index contributed by atoms with van der Waals surface area (Å²) in [5.41, 5.74) is 4.95. The van der Waals surface area contributed by atoms with Crippen molar-refractivity contribution in [2.45, 2.75) is 25.8 Å². The van der Waals surface area contributed by atoms with Crippen molar-refractivity contribution in [1.82, 2.24) is 14.9 Å². The van der Waals surface area contributed by atoms with Gasteiger partial charge >= 0.3 is 0 Å². The SMILES string of the molecule is Cc1ccc2ncnc(NC3Cc4ccc(OCCN(C)C)cc4C3)c2c1. The highest BCUT2D eigenvalue weighted by Crippen LogP contribution is 2.29. The Morgan fingerprint density at radius 1 is 1.07 bits per heavy atom. The summed E-state index contributed by atoms with van der Waals surface area (Å²) in [6, 6.07) is 13.1. The second-order valence-electron chi connectivity index (χ2n) is 7.57. The molecule has 1 aliphatic carbocycles. The Morgan fingerprint density at radius 3 is 2.78 bits per heavy atom. The molecular formula is C22H26N4O. The maximum Gasteiger partial charge on any atom is 0.137 e. The van der Waals surface area contributed by atoms with Gasteiger partial charge in [-0.05, 0) is 69.3 Å². The van der Waals surface area contributed by atoms with Crippen LogP contribution < -0.4 is 10.1 Å². The number of benzene rings is 2. The van der Waals surface area contributed by atoms with E-state index in [1.165, 1.54) is 16.7 Å². The van der Waals surface area contributed by atoms with Crippen LogP contribution in [0.25, 0.3) is 10.9 Å². The number of likely N-dealkylation sites (N-methyl/N-ethyl adjacent to an activating group) is 1. The molecule has 0 spiro atoms. The third-order valence-electron chi connectivity index (χ3n) is 5.05. The Kier molecular flexibility index (Phi) is 4.94. The van der Waals surface area contributed by atoms with Crippen molar-refractivity contribution in [2.75, 3.05) is 32.6 Å². The molecule has 0 fully saturated rings. The lowest BCUT2D eigenvalue weighted by atomic mass is 10.1. The summed E-state index contributed by atoms with van der Waals surface area (Å²) >= 11 is 0. The fourth-order valence-electron chi connectivity index (χ4n) is 3.61. The zero-order chi connectivity index (χ0) is 18.8. The molecule has 1 heterocycles. The molecule has 0 bridgehead atoms. The Balaban J connectivity index is 1.47. The Labute approximate surface area is 160 Å². The molecular weight excluding hydrogens is 336 g/mol. The molecule has 140 valence electrons. The van der Waals surface area contributed by atoms with E-state index in [9.17, 15) is 0 Å². The molecule has 1 N–H and O–H groups in total. The number of hydrogen-bond donors (Lipinski definition) is 1. The van der Waals surface area contributed by atoms with E-state index in [-0.39, 0.29) is 0 Å². The van der Waals surface area contributed by atoms with E-state index in [2.05, 4.69) is 77.6 Å². The van der Waals surface area contributed by atoms with Crippen molar-refractivity contribution in [3.05, 3.63) is 59.4 Å². The minimum atomic E-state index is 0.343. The van der Waals surface area contributed by atoms with Crippen molar-refractivity contribution in [3.63, 3.8) is 0 Å². The summed E-state index contributed by atoms with van der Waals surface area (Å²) in [5, 5.41) is 4.72. The average Bonchev–Trinajstić information content (AvgIpc) is 3.03. The molecule has 1 aliphatic rings. The number of aromatic nitrogens is 2. The number of nitrogens with one attached hydrogen (secondary N) is 1. The first-order chi connectivity index (χ1) is 13.1. The minimum Gasteiger partial charge on any atom is -0.492 e. The molecule has 3 aromatic rings. The predicted molar refractivity (Wildman–Crippen MR) is 110 cm³/mol. The van der Waals surface area contributed by atoms with Crippen molar-refractivity contribution >= 4 is 16.7 Å². The first-order valence-electron chi connectivity index (χ1n) is 9.46. The van der Waals surface area contributed by atoms with Crippen LogP contribution in [-0.4, -0.2) is 48.2 Å². The van der Waals surface area contributed by atoms with E-state index in [0.29, 0.717) is 12.6 Å². The van der Waals surface area contributed by atoms with E-state index in [1.54, 1.807) is 6.33 Å². The molecule has 2 aromatic carbocycles. The van der Waals surface area contributed by atoms with Crippen molar-refractivity contribution < 1.29 is 4.74 Å². The van der Waals surface area contributed by atoms with Gasteiger partial charge in [-0.2, -0.15) is 0 Å². The maximum atomic E-state index is 5.88. The molecule has 1 unspecified atom stereocenters. The van der Waals surface area contributed by atoms with Crippen molar-refractivity contribution in [2.24, 2.45) is 0 Å². The molecule has 1 atom stereocenters. The van der Waals surface area contributed by atoms with Crippen LogP contribution in [0.4, 0.5) is 5.82 Å². The van der Waals surface area contributed by atoms with Crippen LogP contribution >= 0.6 is 0 Å². The number of ether oxygens (including phenoxy) is 1. The van der Waals surface area contributed by atoms with Gasteiger partial charge in [-0.15, -0.1) is 0 Å². The summed E-state index contributed by atoms with van der Waals surface area (Å²) in [6.07, 6.45) is 3.63. The highest BCUT2D eigenvalue weighted by Gasteiger charge is 2.22. The average molecular weight is 362 g/mol.